The van der Waals surface area contributed by atoms with E-state index in [1.54, 1.807) is 20.3 Å². The summed E-state index contributed by atoms with van der Waals surface area (Å²) in [5.74, 6) is 1.92. The fourth-order valence-corrected chi connectivity index (χ4v) is 1.73. The number of nitrogens with one attached hydrogen (secondary N) is 1. The van der Waals surface area contributed by atoms with E-state index in [9.17, 15) is 0 Å². The van der Waals surface area contributed by atoms with Crippen molar-refractivity contribution in [2.45, 2.75) is 6.92 Å². The van der Waals surface area contributed by atoms with E-state index >= 15 is 0 Å². The predicted octanol–water partition coefficient (Wildman–Crippen LogP) is 2.73. The van der Waals surface area contributed by atoms with Gasteiger partial charge in [0.1, 0.15) is 11.6 Å². The van der Waals surface area contributed by atoms with Gasteiger partial charge in [-0.1, -0.05) is 0 Å². The van der Waals surface area contributed by atoms with Gasteiger partial charge in [0.05, 0.1) is 19.9 Å². The zero-order valence-electron chi connectivity index (χ0n) is 11.2. The lowest BCUT2D eigenvalue weighted by atomic mass is 10.2. The number of nitrogens with zero attached hydrogens (tertiary/aromatic N) is 1. The van der Waals surface area contributed by atoms with Gasteiger partial charge in [0.15, 0.2) is 0 Å². The van der Waals surface area contributed by atoms with Crippen molar-refractivity contribution in [3.8, 4) is 11.6 Å². The molecule has 0 saturated carbocycles. The summed E-state index contributed by atoms with van der Waals surface area (Å²) >= 11 is 0. The molecule has 100 valence electrons. The molecule has 19 heavy (non-hydrogen) atoms. The largest absolute Gasteiger partial charge is 0.497 e. The first-order valence-corrected chi connectivity index (χ1v) is 5.86. The number of nitrogens with two attached hydrogens (primary N) is 1. The third-order valence-electron chi connectivity index (χ3n) is 2.78. The van der Waals surface area contributed by atoms with Crippen LogP contribution >= 0.6 is 0 Å². The topological polar surface area (TPSA) is 69.4 Å². The Labute approximate surface area is 112 Å². The molecule has 0 radical (unpaired) electrons. The van der Waals surface area contributed by atoms with Crippen molar-refractivity contribution in [2.75, 3.05) is 25.3 Å². The summed E-state index contributed by atoms with van der Waals surface area (Å²) in [5, 5.41) is 3.22. The summed E-state index contributed by atoms with van der Waals surface area (Å²) in [6.07, 6.45) is 0. The molecule has 2 rings (SSSR count). The molecule has 1 aromatic heterocycles. The molecule has 3 N–H and O–H groups in total. The van der Waals surface area contributed by atoms with Crippen LogP contribution in [-0.4, -0.2) is 19.2 Å². The van der Waals surface area contributed by atoms with Crippen LogP contribution < -0.4 is 20.5 Å². The standard InChI is InChI=1S/C14H17N3O2/c1-9-8-10(18-2)4-6-12(9)16-13-7-5-11(15)14(17-13)19-3/h4-8H,15H2,1-3H3,(H,16,17). The minimum Gasteiger partial charge on any atom is -0.497 e. The Morgan fingerprint density at radius 1 is 1.11 bits per heavy atom. The average molecular weight is 259 g/mol. The number of aromatic nitrogens is 1. The highest BCUT2D eigenvalue weighted by molar-refractivity contribution is 5.64. The molecular weight excluding hydrogens is 242 g/mol. The third kappa shape index (κ3) is 2.88. The number of anilines is 3. The van der Waals surface area contributed by atoms with E-state index in [2.05, 4.69) is 10.3 Å². The van der Waals surface area contributed by atoms with Crippen LogP contribution in [0.25, 0.3) is 0 Å². The molecule has 0 aliphatic rings. The van der Waals surface area contributed by atoms with E-state index in [-0.39, 0.29) is 0 Å². The fourth-order valence-electron chi connectivity index (χ4n) is 1.73. The second-order valence-corrected chi connectivity index (χ2v) is 4.10. The second kappa shape index (κ2) is 5.48. The Kier molecular flexibility index (Phi) is 3.75. The van der Waals surface area contributed by atoms with Crippen molar-refractivity contribution >= 4 is 17.2 Å². The molecule has 5 nitrogen and oxygen atoms in total. The lowest BCUT2D eigenvalue weighted by Crippen LogP contribution is -2.00. The second-order valence-electron chi connectivity index (χ2n) is 4.10. The number of methoxy groups -OCH3 is 2. The summed E-state index contributed by atoms with van der Waals surface area (Å²) in [6.45, 7) is 2.00. The normalized spacial score (nSPS) is 10.1. The van der Waals surface area contributed by atoms with Crippen LogP contribution in [0.3, 0.4) is 0 Å². The number of hydrogen-bond acceptors (Lipinski definition) is 5. The van der Waals surface area contributed by atoms with Crippen LogP contribution in [-0.2, 0) is 0 Å². The SMILES string of the molecule is COc1ccc(Nc2ccc(N)c(OC)n2)c(C)c1. The van der Waals surface area contributed by atoms with Gasteiger partial charge in [-0.05, 0) is 42.8 Å². The molecule has 0 bridgehead atoms. The van der Waals surface area contributed by atoms with E-state index in [0.29, 0.717) is 17.4 Å². The monoisotopic (exact) mass is 259 g/mol. The average Bonchev–Trinajstić information content (AvgIpc) is 2.43. The highest BCUT2D eigenvalue weighted by atomic mass is 16.5. The summed E-state index contributed by atoms with van der Waals surface area (Å²) in [6, 6.07) is 9.36. The van der Waals surface area contributed by atoms with Gasteiger partial charge in [-0.3, -0.25) is 0 Å². The van der Waals surface area contributed by atoms with Crippen LogP contribution in [0, 0.1) is 6.92 Å². The number of hydrogen-bond donors (Lipinski definition) is 2. The van der Waals surface area contributed by atoms with Gasteiger partial charge in [0, 0.05) is 5.69 Å². The van der Waals surface area contributed by atoms with Gasteiger partial charge < -0.3 is 20.5 Å². The molecule has 0 aliphatic heterocycles. The van der Waals surface area contributed by atoms with Crippen molar-refractivity contribution in [2.24, 2.45) is 0 Å². The summed E-state index contributed by atoms with van der Waals surface area (Å²) in [7, 11) is 3.19. The Morgan fingerprint density at radius 3 is 2.53 bits per heavy atom. The number of rotatable bonds is 4. The fraction of sp³-hybridized carbons (Fsp3) is 0.214. The van der Waals surface area contributed by atoms with Gasteiger partial charge in [-0.2, -0.15) is 4.98 Å². The quantitative estimate of drug-likeness (QED) is 0.883. The van der Waals surface area contributed by atoms with Crippen molar-refractivity contribution in [3.05, 3.63) is 35.9 Å². The molecule has 1 aromatic carbocycles. The van der Waals surface area contributed by atoms with Gasteiger partial charge in [-0.15, -0.1) is 0 Å². The van der Waals surface area contributed by atoms with E-state index in [1.165, 1.54) is 0 Å². The zero-order chi connectivity index (χ0) is 13.8. The minimum absolute atomic E-state index is 0.413. The van der Waals surface area contributed by atoms with Crippen LogP contribution in [0.5, 0.6) is 11.6 Å². The maximum Gasteiger partial charge on any atom is 0.238 e. The maximum absolute atomic E-state index is 5.73. The van der Waals surface area contributed by atoms with Gasteiger partial charge >= 0.3 is 0 Å². The number of aryl methyl sites for hydroxylation is 1. The van der Waals surface area contributed by atoms with Gasteiger partial charge in [0.2, 0.25) is 5.88 Å². The molecule has 0 aliphatic carbocycles. The molecule has 0 spiro atoms. The minimum atomic E-state index is 0.413. The van der Waals surface area contributed by atoms with Crippen LogP contribution in [0.4, 0.5) is 17.2 Å². The van der Waals surface area contributed by atoms with E-state index in [0.717, 1.165) is 17.0 Å². The summed E-state index contributed by atoms with van der Waals surface area (Å²) < 4.78 is 10.3. The molecular formula is C14H17N3O2. The summed E-state index contributed by atoms with van der Waals surface area (Å²) in [5.41, 5.74) is 8.27. The Morgan fingerprint density at radius 2 is 1.89 bits per heavy atom. The first kappa shape index (κ1) is 13.0. The first-order valence-electron chi connectivity index (χ1n) is 5.86. The number of benzene rings is 1. The molecule has 0 unspecified atom stereocenters. The third-order valence-corrected chi connectivity index (χ3v) is 2.78. The highest BCUT2D eigenvalue weighted by Gasteiger charge is 2.05. The summed E-state index contributed by atoms with van der Waals surface area (Å²) in [4.78, 5) is 4.28. The maximum atomic E-state index is 5.73. The first-order chi connectivity index (χ1) is 9.13. The molecule has 1 heterocycles. The number of nitrogen functional groups attached to an aromatic ring is 1. The highest BCUT2D eigenvalue weighted by Crippen LogP contribution is 2.26. The Hall–Kier alpha value is -2.43. The lowest BCUT2D eigenvalue weighted by molar-refractivity contribution is 0.401. The number of pyridine rings is 1. The molecule has 0 atom stereocenters. The van der Waals surface area contributed by atoms with Crippen molar-refractivity contribution in [1.82, 2.24) is 4.98 Å². The number of ether oxygens (including phenoxy) is 2. The lowest BCUT2D eigenvalue weighted by Gasteiger charge is -2.11. The van der Waals surface area contributed by atoms with E-state index < -0.39 is 0 Å². The van der Waals surface area contributed by atoms with Crippen molar-refractivity contribution in [1.29, 1.82) is 0 Å². The Balaban J connectivity index is 2.26. The molecule has 0 fully saturated rings. The van der Waals surface area contributed by atoms with Crippen molar-refractivity contribution in [3.63, 3.8) is 0 Å². The molecule has 0 saturated heterocycles. The smallest absolute Gasteiger partial charge is 0.238 e. The predicted molar refractivity (Wildman–Crippen MR) is 76.2 cm³/mol. The molecule has 0 amide bonds. The van der Waals surface area contributed by atoms with E-state index in [1.807, 2.05) is 31.2 Å². The van der Waals surface area contributed by atoms with Gasteiger partial charge in [-0.25, -0.2) is 0 Å². The molecule has 5 heteroatoms. The van der Waals surface area contributed by atoms with Crippen molar-refractivity contribution < 1.29 is 9.47 Å². The van der Waals surface area contributed by atoms with Crippen LogP contribution in [0.15, 0.2) is 30.3 Å². The zero-order valence-corrected chi connectivity index (χ0v) is 11.2. The molecule has 2 aromatic rings. The Bertz CT molecular complexity index is 585. The van der Waals surface area contributed by atoms with Gasteiger partial charge in [0.25, 0.3) is 0 Å². The van der Waals surface area contributed by atoms with Crippen LogP contribution in [0.1, 0.15) is 5.56 Å². The van der Waals surface area contributed by atoms with E-state index in [4.69, 9.17) is 15.2 Å². The van der Waals surface area contributed by atoms with Crippen LogP contribution in [0.2, 0.25) is 0 Å².